The van der Waals surface area contributed by atoms with Crippen molar-refractivity contribution in [3.8, 4) is 0 Å². The Kier molecular flexibility index (Phi) is 6.24. The van der Waals surface area contributed by atoms with Crippen LogP contribution in [0.4, 0.5) is 5.69 Å². The van der Waals surface area contributed by atoms with E-state index in [4.69, 9.17) is 4.74 Å². The number of nitrogens with one attached hydrogen (secondary N) is 1. The molecule has 0 atom stereocenters. The Labute approximate surface area is 160 Å². The van der Waals surface area contributed by atoms with E-state index in [1.807, 2.05) is 24.3 Å². The fraction of sp³-hybridized carbons (Fsp3) is 0.364. The van der Waals surface area contributed by atoms with Gasteiger partial charge in [-0.25, -0.2) is 4.79 Å². The van der Waals surface area contributed by atoms with Gasteiger partial charge in [0.25, 0.3) is 5.91 Å². The molecule has 1 N–H and O–H groups in total. The average Bonchev–Trinajstić information content (AvgIpc) is 2.70. The Bertz CT molecular complexity index is 793. The highest BCUT2D eigenvalue weighted by molar-refractivity contribution is 6.07. The van der Waals surface area contributed by atoms with Gasteiger partial charge in [-0.2, -0.15) is 0 Å². The van der Waals surface area contributed by atoms with Crippen LogP contribution in [0.5, 0.6) is 0 Å². The van der Waals surface area contributed by atoms with Gasteiger partial charge in [0.05, 0.1) is 18.4 Å². The average molecular weight is 366 g/mol. The van der Waals surface area contributed by atoms with Gasteiger partial charge in [-0.3, -0.25) is 9.69 Å². The fourth-order valence-corrected chi connectivity index (χ4v) is 3.31. The van der Waals surface area contributed by atoms with E-state index in [2.05, 4.69) is 17.1 Å². The third kappa shape index (κ3) is 4.95. The summed E-state index contributed by atoms with van der Waals surface area (Å²) >= 11 is 0. The zero-order valence-electron chi connectivity index (χ0n) is 15.9. The number of likely N-dealkylation sites (tertiary alicyclic amines) is 1. The summed E-state index contributed by atoms with van der Waals surface area (Å²) in [5.41, 5.74) is 2.55. The topological polar surface area (TPSA) is 58.6 Å². The summed E-state index contributed by atoms with van der Waals surface area (Å²) in [6.07, 6.45) is 2.50. The third-order valence-corrected chi connectivity index (χ3v) is 5.08. The summed E-state index contributed by atoms with van der Waals surface area (Å²) in [6, 6.07) is 14.5. The molecule has 1 heterocycles. The number of amides is 1. The van der Waals surface area contributed by atoms with Crippen molar-refractivity contribution in [3.63, 3.8) is 0 Å². The van der Waals surface area contributed by atoms with Gasteiger partial charge in [-0.1, -0.05) is 31.2 Å². The Balaban J connectivity index is 1.64. The first-order chi connectivity index (χ1) is 13.1. The van der Waals surface area contributed by atoms with Crippen molar-refractivity contribution in [2.45, 2.75) is 26.3 Å². The lowest BCUT2D eigenvalue weighted by atomic mass is 9.99. The highest BCUT2D eigenvalue weighted by Gasteiger charge is 2.17. The molecule has 27 heavy (non-hydrogen) atoms. The number of anilines is 1. The predicted molar refractivity (Wildman–Crippen MR) is 106 cm³/mol. The van der Waals surface area contributed by atoms with Crippen molar-refractivity contribution < 1.29 is 14.3 Å². The maximum absolute atomic E-state index is 12.5. The largest absolute Gasteiger partial charge is 0.465 e. The molecule has 0 aromatic heterocycles. The van der Waals surface area contributed by atoms with Gasteiger partial charge >= 0.3 is 5.97 Å². The second kappa shape index (κ2) is 8.82. The van der Waals surface area contributed by atoms with Crippen molar-refractivity contribution in [2.75, 3.05) is 25.5 Å². The maximum Gasteiger partial charge on any atom is 0.339 e. The zero-order chi connectivity index (χ0) is 19.2. The number of para-hydroxylation sites is 1. The molecule has 1 aliphatic heterocycles. The van der Waals surface area contributed by atoms with E-state index >= 15 is 0 Å². The van der Waals surface area contributed by atoms with Gasteiger partial charge in [0.15, 0.2) is 0 Å². The van der Waals surface area contributed by atoms with E-state index in [1.165, 1.54) is 25.5 Å². The van der Waals surface area contributed by atoms with E-state index < -0.39 is 5.97 Å². The molecule has 2 aromatic rings. The number of hydrogen-bond donors (Lipinski definition) is 1. The van der Waals surface area contributed by atoms with E-state index in [1.54, 1.807) is 24.3 Å². The normalized spacial score (nSPS) is 15.3. The van der Waals surface area contributed by atoms with Gasteiger partial charge in [-0.05, 0) is 61.7 Å². The van der Waals surface area contributed by atoms with E-state index in [-0.39, 0.29) is 5.91 Å². The monoisotopic (exact) mass is 366 g/mol. The lowest BCUT2D eigenvalue weighted by Crippen LogP contribution is -2.32. The van der Waals surface area contributed by atoms with Crippen LogP contribution >= 0.6 is 0 Å². The van der Waals surface area contributed by atoms with Crippen LogP contribution in [0.15, 0.2) is 48.5 Å². The number of carbonyl (C=O) groups excluding carboxylic acids is 2. The molecule has 2 aromatic carbocycles. The number of methoxy groups -OCH3 is 1. The predicted octanol–water partition coefficient (Wildman–Crippen LogP) is 3.96. The second-order valence-corrected chi connectivity index (χ2v) is 7.15. The van der Waals surface area contributed by atoms with Gasteiger partial charge in [-0.15, -0.1) is 0 Å². The molecule has 5 heteroatoms. The first-order valence-corrected chi connectivity index (χ1v) is 9.37. The molecule has 1 saturated heterocycles. The quantitative estimate of drug-likeness (QED) is 0.814. The molecular formula is C22H26N2O3. The minimum absolute atomic E-state index is 0.246. The van der Waals surface area contributed by atoms with Crippen LogP contribution in [0.25, 0.3) is 0 Å². The minimum Gasteiger partial charge on any atom is -0.465 e. The van der Waals surface area contributed by atoms with E-state index in [0.717, 1.165) is 25.6 Å². The summed E-state index contributed by atoms with van der Waals surface area (Å²) in [6.45, 7) is 5.49. The second-order valence-electron chi connectivity index (χ2n) is 7.15. The number of esters is 1. The van der Waals surface area contributed by atoms with E-state index in [0.29, 0.717) is 16.8 Å². The maximum atomic E-state index is 12.5. The highest BCUT2D eigenvalue weighted by atomic mass is 16.5. The highest BCUT2D eigenvalue weighted by Crippen LogP contribution is 2.20. The first kappa shape index (κ1) is 19.1. The summed E-state index contributed by atoms with van der Waals surface area (Å²) in [5, 5.41) is 2.80. The van der Waals surface area contributed by atoms with Crippen molar-refractivity contribution in [1.82, 2.24) is 4.90 Å². The molecule has 142 valence electrons. The minimum atomic E-state index is -0.475. The number of hydrogen-bond acceptors (Lipinski definition) is 4. The first-order valence-electron chi connectivity index (χ1n) is 9.37. The van der Waals surface area contributed by atoms with Crippen LogP contribution in [0.1, 0.15) is 46.0 Å². The Morgan fingerprint density at radius 1 is 1.07 bits per heavy atom. The van der Waals surface area contributed by atoms with Crippen LogP contribution in [-0.4, -0.2) is 37.0 Å². The zero-order valence-corrected chi connectivity index (χ0v) is 15.9. The van der Waals surface area contributed by atoms with Gasteiger partial charge in [0.2, 0.25) is 0 Å². The summed E-state index contributed by atoms with van der Waals surface area (Å²) in [7, 11) is 1.32. The fourth-order valence-electron chi connectivity index (χ4n) is 3.31. The van der Waals surface area contributed by atoms with Crippen LogP contribution in [0.2, 0.25) is 0 Å². The Hall–Kier alpha value is -2.66. The van der Waals surface area contributed by atoms with Crippen LogP contribution in [0.3, 0.4) is 0 Å². The lowest BCUT2D eigenvalue weighted by molar-refractivity contribution is 0.0602. The molecule has 0 aliphatic carbocycles. The number of benzene rings is 2. The van der Waals surface area contributed by atoms with Crippen molar-refractivity contribution in [2.24, 2.45) is 5.92 Å². The van der Waals surface area contributed by atoms with E-state index in [9.17, 15) is 9.59 Å². The van der Waals surface area contributed by atoms with Crippen LogP contribution < -0.4 is 5.32 Å². The molecular weight excluding hydrogens is 340 g/mol. The van der Waals surface area contributed by atoms with Crippen LogP contribution in [0, 0.1) is 5.92 Å². The lowest BCUT2D eigenvalue weighted by Gasteiger charge is -2.30. The molecule has 0 saturated carbocycles. The molecule has 3 rings (SSSR count). The molecule has 0 radical (unpaired) electrons. The number of carbonyl (C=O) groups is 2. The van der Waals surface area contributed by atoms with Crippen LogP contribution in [-0.2, 0) is 11.3 Å². The standard InChI is InChI=1S/C22H26N2O3/c1-16-11-13-24(14-12-16)15-17-7-9-18(10-8-17)21(25)23-20-6-4-3-5-19(20)22(26)27-2/h3-10,16H,11-15H2,1-2H3,(H,23,25). The van der Waals surface area contributed by atoms with Crippen molar-refractivity contribution in [1.29, 1.82) is 0 Å². The number of ether oxygens (including phenoxy) is 1. The molecule has 0 unspecified atom stereocenters. The smallest absolute Gasteiger partial charge is 0.339 e. The molecule has 1 fully saturated rings. The number of nitrogens with zero attached hydrogens (tertiary/aromatic N) is 1. The SMILES string of the molecule is COC(=O)c1ccccc1NC(=O)c1ccc(CN2CCC(C)CC2)cc1. The van der Waals surface area contributed by atoms with Crippen molar-refractivity contribution >= 4 is 17.6 Å². The summed E-state index contributed by atoms with van der Waals surface area (Å²) in [4.78, 5) is 26.8. The Morgan fingerprint density at radius 3 is 2.41 bits per heavy atom. The molecule has 0 bridgehead atoms. The number of piperidine rings is 1. The number of rotatable bonds is 5. The molecule has 0 spiro atoms. The van der Waals surface area contributed by atoms with Gasteiger partial charge < -0.3 is 10.1 Å². The summed E-state index contributed by atoms with van der Waals surface area (Å²) < 4.78 is 4.76. The third-order valence-electron chi connectivity index (χ3n) is 5.08. The molecule has 1 amide bonds. The molecule has 5 nitrogen and oxygen atoms in total. The van der Waals surface area contributed by atoms with Gasteiger partial charge in [0, 0.05) is 12.1 Å². The summed E-state index contributed by atoms with van der Waals surface area (Å²) in [5.74, 6) is 0.0991. The molecule has 1 aliphatic rings. The van der Waals surface area contributed by atoms with Gasteiger partial charge in [0.1, 0.15) is 0 Å². The van der Waals surface area contributed by atoms with Crippen molar-refractivity contribution in [3.05, 3.63) is 65.2 Å². The Morgan fingerprint density at radius 2 is 1.74 bits per heavy atom.